The minimum Gasteiger partial charge on any atom is -0.292 e. The molecule has 0 N–H and O–H groups in total. The van der Waals surface area contributed by atoms with E-state index < -0.39 is 9.85 Å². The molecule has 27 heavy (non-hydrogen) atoms. The molecule has 0 unspecified atom stereocenters. The van der Waals surface area contributed by atoms with Gasteiger partial charge >= 0.3 is 0 Å². The number of nitro groups is 2. The Morgan fingerprint density at radius 3 is 2.19 bits per heavy atom. The zero-order valence-electron chi connectivity index (χ0n) is 13.9. The molecule has 4 rings (SSSR count). The van der Waals surface area contributed by atoms with Gasteiger partial charge in [-0.1, -0.05) is 30.3 Å². The molecule has 0 aliphatic carbocycles. The molecule has 0 aliphatic heterocycles. The molecule has 0 bridgehead atoms. The second kappa shape index (κ2) is 6.34. The van der Waals surface area contributed by atoms with Crippen LogP contribution >= 0.6 is 0 Å². The van der Waals surface area contributed by atoms with Crippen LogP contribution in [0.4, 0.5) is 11.4 Å². The van der Waals surface area contributed by atoms with Gasteiger partial charge in [0, 0.05) is 29.8 Å². The standard InChI is InChI=1S/C19H12N4O4/c24-22(25)15-7-3-5-13(11-15)19-20-17-9-1-2-10-18(17)21(19)14-6-4-8-16(12-14)23(26)27/h1-12H. The maximum atomic E-state index is 11.2. The predicted octanol–water partition coefficient (Wildman–Crippen LogP) is 4.51. The fraction of sp³-hybridized carbons (Fsp3) is 0. The van der Waals surface area contributed by atoms with E-state index in [-0.39, 0.29) is 11.4 Å². The number of nitrogens with zero attached hydrogens (tertiary/aromatic N) is 4. The first-order valence-corrected chi connectivity index (χ1v) is 8.02. The van der Waals surface area contributed by atoms with Gasteiger partial charge in [-0.05, 0) is 18.2 Å². The van der Waals surface area contributed by atoms with Crippen molar-refractivity contribution in [3.8, 4) is 17.1 Å². The van der Waals surface area contributed by atoms with Crippen LogP contribution in [0.5, 0.6) is 0 Å². The normalized spacial score (nSPS) is 10.8. The average Bonchev–Trinajstić information content (AvgIpc) is 3.07. The third-order valence-corrected chi connectivity index (χ3v) is 4.17. The van der Waals surface area contributed by atoms with E-state index in [1.54, 1.807) is 28.8 Å². The van der Waals surface area contributed by atoms with Gasteiger partial charge in [-0.15, -0.1) is 0 Å². The maximum absolute atomic E-state index is 11.2. The van der Waals surface area contributed by atoms with Crippen LogP contribution in [0.3, 0.4) is 0 Å². The number of benzene rings is 3. The summed E-state index contributed by atoms with van der Waals surface area (Å²) in [7, 11) is 0. The number of imidazole rings is 1. The summed E-state index contributed by atoms with van der Waals surface area (Å²) >= 11 is 0. The number of fused-ring (bicyclic) bond motifs is 1. The Kier molecular flexibility index (Phi) is 3.85. The van der Waals surface area contributed by atoms with Gasteiger partial charge in [-0.25, -0.2) is 4.98 Å². The molecule has 0 saturated carbocycles. The minimum atomic E-state index is -0.468. The van der Waals surface area contributed by atoms with Crippen molar-refractivity contribution in [3.05, 3.63) is 93.0 Å². The van der Waals surface area contributed by atoms with Gasteiger partial charge in [0.25, 0.3) is 11.4 Å². The lowest BCUT2D eigenvalue weighted by molar-refractivity contribution is -0.385. The van der Waals surface area contributed by atoms with Crippen molar-refractivity contribution in [1.82, 2.24) is 9.55 Å². The highest BCUT2D eigenvalue weighted by atomic mass is 16.6. The lowest BCUT2D eigenvalue weighted by atomic mass is 10.2. The molecule has 0 fully saturated rings. The molecule has 0 spiro atoms. The van der Waals surface area contributed by atoms with Crippen LogP contribution in [-0.4, -0.2) is 19.4 Å². The first-order chi connectivity index (χ1) is 13.0. The molecule has 1 aromatic heterocycles. The first kappa shape index (κ1) is 16.4. The van der Waals surface area contributed by atoms with E-state index in [1.807, 2.05) is 24.3 Å². The van der Waals surface area contributed by atoms with E-state index in [0.29, 0.717) is 22.6 Å². The molecule has 0 aliphatic rings. The molecule has 0 saturated heterocycles. The van der Waals surface area contributed by atoms with Crippen molar-refractivity contribution in [3.63, 3.8) is 0 Å². The Hall–Kier alpha value is -4.07. The molecule has 8 heteroatoms. The van der Waals surface area contributed by atoms with Gasteiger partial charge in [-0.2, -0.15) is 0 Å². The van der Waals surface area contributed by atoms with Gasteiger partial charge in [0.05, 0.1) is 26.6 Å². The van der Waals surface area contributed by atoms with Crippen molar-refractivity contribution in [2.45, 2.75) is 0 Å². The number of aromatic nitrogens is 2. The number of hydrogen-bond donors (Lipinski definition) is 0. The fourth-order valence-corrected chi connectivity index (χ4v) is 2.99. The van der Waals surface area contributed by atoms with Crippen molar-refractivity contribution >= 4 is 22.4 Å². The minimum absolute atomic E-state index is 0.0460. The van der Waals surface area contributed by atoms with Crippen molar-refractivity contribution < 1.29 is 9.85 Å². The molecule has 4 aromatic rings. The summed E-state index contributed by atoms with van der Waals surface area (Å²) in [5.74, 6) is 0.473. The highest BCUT2D eigenvalue weighted by molar-refractivity contribution is 5.83. The molecule has 1 heterocycles. The first-order valence-electron chi connectivity index (χ1n) is 8.02. The monoisotopic (exact) mass is 360 g/mol. The Bertz CT molecular complexity index is 1200. The zero-order valence-corrected chi connectivity index (χ0v) is 13.9. The van der Waals surface area contributed by atoms with Gasteiger partial charge < -0.3 is 0 Å². The SMILES string of the molecule is O=[N+]([O-])c1cccc(-c2nc3ccccc3n2-c2cccc([N+](=O)[O-])c2)c1. The summed E-state index contributed by atoms with van der Waals surface area (Å²) < 4.78 is 1.77. The topological polar surface area (TPSA) is 104 Å². The van der Waals surface area contributed by atoms with Crippen LogP contribution in [0.25, 0.3) is 28.1 Å². The Morgan fingerprint density at radius 1 is 0.778 bits per heavy atom. The number of hydrogen-bond acceptors (Lipinski definition) is 5. The number of para-hydroxylation sites is 2. The molecule has 0 amide bonds. The third-order valence-electron chi connectivity index (χ3n) is 4.17. The van der Waals surface area contributed by atoms with Crippen LogP contribution in [0, 0.1) is 20.2 Å². The molecule has 3 aromatic carbocycles. The van der Waals surface area contributed by atoms with E-state index in [1.165, 1.54) is 24.3 Å². The lowest BCUT2D eigenvalue weighted by Crippen LogP contribution is -1.99. The van der Waals surface area contributed by atoms with Gasteiger partial charge in [0.15, 0.2) is 0 Å². The van der Waals surface area contributed by atoms with Gasteiger partial charge in [0.1, 0.15) is 5.82 Å². The summed E-state index contributed by atoms with van der Waals surface area (Å²) in [5, 5.41) is 22.3. The smallest absolute Gasteiger partial charge is 0.271 e. The number of non-ortho nitro benzene ring substituents is 2. The van der Waals surface area contributed by atoms with Gasteiger partial charge in [0.2, 0.25) is 0 Å². The van der Waals surface area contributed by atoms with Crippen LogP contribution in [0.2, 0.25) is 0 Å². The predicted molar refractivity (Wildman–Crippen MR) is 99.8 cm³/mol. The summed E-state index contributed by atoms with van der Waals surface area (Å²) in [6, 6.07) is 19.7. The summed E-state index contributed by atoms with van der Waals surface area (Å²) in [5.41, 5.74) is 2.44. The average molecular weight is 360 g/mol. The van der Waals surface area contributed by atoms with Crippen molar-refractivity contribution in [1.29, 1.82) is 0 Å². The van der Waals surface area contributed by atoms with E-state index in [0.717, 1.165) is 5.52 Å². The van der Waals surface area contributed by atoms with Gasteiger partial charge in [-0.3, -0.25) is 24.8 Å². The van der Waals surface area contributed by atoms with Crippen LogP contribution in [-0.2, 0) is 0 Å². The van der Waals surface area contributed by atoms with Crippen molar-refractivity contribution in [2.24, 2.45) is 0 Å². The Morgan fingerprint density at radius 2 is 1.44 bits per heavy atom. The van der Waals surface area contributed by atoms with E-state index >= 15 is 0 Å². The second-order valence-corrected chi connectivity index (χ2v) is 5.84. The number of nitro benzene ring substituents is 2. The van der Waals surface area contributed by atoms with Crippen LogP contribution in [0.15, 0.2) is 72.8 Å². The maximum Gasteiger partial charge on any atom is 0.271 e. The van der Waals surface area contributed by atoms with Crippen LogP contribution in [0.1, 0.15) is 0 Å². The van der Waals surface area contributed by atoms with E-state index in [9.17, 15) is 20.2 Å². The molecule has 0 radical (unpaired) electrons. The molecule has 0 atom stereocenters. The fourth-order valence-electron chi connectivity index (χ4n) is 2.99. The summed E-state index contributed by atoms with van der Waals surface area (Å²) in [4.78, 5) is 26.0. The molecular weight excluding hydrogens is 348 g/mol. The van der Waals surface area contributed by atoms with E-state index in [2.05, 4.69) is 4.98 Å². The quantitative estimate of drug-likeness (QED) is 0.393. The third kappa shape index (κ3) is 2.89. The summed E-state index contributed by atoms with van der Waals surface area (Å²) in [6.07, 6.45) is 0. The summed E-state index contributed by atoms with van der Waals surface area (Å²) in [6.45, 7) is 0. The second-order valence-electron chi connectivity index (χ2n) is 5.84. The Balaban J connectivity index is 2.01. The van der Waals surface area contributed by atoms with Crippen molar-refractivity contribution in [2.75, 3.05) is 0 Å². The van der Waals surface area contributed by atoms with Crippen LogP contribution < -0.4 is 0 Å². The molecule has 8 nitrogen and oxygen atoms in total. The Labute approximate surface area is 152 Å². The number of rotatable bonds is 4. The highest BCUT2D eigenvalue weighted by Crippen LogP contribution is 2.31. The largest absolute Gasteiger partial charge is 0.292 e. The highest BCUT2D eigenvalue weighted by Gasteiger charge is 2.18. The van der Waals surface area contributed by atoms with E-state index in [4.69, 9.17) is 0 Å². The molecular formula is C19H12N4O4. The lowest BCUT2D eigenvalue weighted by Gasteiger charge is -2.09. The molecule has 132 valence electrons. The zero-order chi connectivity index (χ0) is 19.0.